The van der Waals surface area contributed by atoms with Crippen molar-refractivity contribution in [3.8, 4) is 0 Å². The summed E-state index contributed by atoms with van der Waals surface area (Å²) >= 11 is 0. The molecule has 0 aliphatic carbocycles. The van der Waals surface area contributed by atoms with Gasteiger partial charge in [-0.05, 0) is 40.3 Å². The first-order chi connectivity index (χ1) is 7.15. The molecule has 0 aromatic rings. The van der Waals surface area contributed by atoms with Gasteiger partial charge in [0, 0.05) is 18.6 Å². The predicted molar refractivity (Wildman–Crippen MR) is 69.4 cm³/mol. The first kappa shape index (κ1) is 14.9. The second-order valence-corrected chi connectivity index (χ2v) is 4.69. The van der Waals surface area contributed by atoms with Crippen molar-refractivity contribution in [2.24, 2.45) is 0 Å². The van der Waals surface area contributed by atoms with Gasteiger partial charge < -0.3 is 5.32 Å². The molecule has 0 bridgehead atoms. The molecule has 92 valence electrons. The molecule has 0 aliphatic rings. The quantitative estimate of drug-likeness (QED) is 0.594. The summed E-state index contributed by atoms with van der Waals surface area (Å²) in [5, 5.41) is 3.39. The van der Waals surface area contributed by atoms with E-state index in [0.717, 1.165) is 0 Å². The standard InChI is InChI=1S/C13H30N2/c1-6-8-9-10-15(12(3)4)11-13(7-2)14-5/h12-14H,6-11H2,1-5H3. The van der Waals surface area contributed by atoms with E-state index < -0.39 is 0 Å². The molecule has 1 N–H and O–H groups in total. The number of likely N-dealkylation sites (N-methyl/N-ethyl adjacent to an activating group) is 1. The van der Waals surface area contributed by atoms with E-state index in [-0.39, 0.29) is 0 Å². The molecular weight excluding hydrogens is 184 g/mol. The summed E-state index contributed by atoms with van der Waals surface area (Å²) in [5.74, 6) is 0. The molecule has 0 aliphatic heterocycles. The maximum absolute atomic E-state index is 3.39. The van der Waals surface area contributed by atoms with Gasteiger partial charge in [-0.15, -0.1) is 0 Å². The average Bonchev–Trinajstić information content (AvgIpc) is 2.23. The number of hydrogen-bond donors (Lipinski definition) is 1. The van der Waals surface area contributed by atoms with Crippen LogP contribution in [-0.2, 0) is 0 Å². The molecule has 0 saturated heterocycles. The summed E-state index contributed by atoms with van der Waals surface area (Å²) in [7, 11) is 2.07. The Morgan fingerprint density at radius 1 is 1.13 bits per heavy atom. The SMILES string of the molecule is CCCCCN(CC(CC)NC)C(C)C. The topological polar surface area (TPSA) is 15.3 Å². The van der Waals surface area contributed by atoms with E-state index in [4.69, 9.17) is 0 Å². The van der Waals surface area contributed by atoms with Crippen LogP contribution in [-0.4, -0.2) is 37.1 Å². The fourth-order valence-electron chi connectivity index (χ4n) is 1.83. The molecule has 0 rings (SSSR count). The Balaban J connectivity index is 3.91. The van der Waals surface area contributed by atoms with Crippen molar-refractivity contribution in [3.63, 3.8) is 0 Å². The molecule has 2 nitrogen and oxygen atoms in total. The smallest absolute Gasteiger partial charge is 0.0189 e. The van der Waals surface area contributed by atoms with Crippen LogP contribution in [0.15, 0.2) is 0 Å². The van der Waals surface area contributed by atoms with Gasteiger partial charge in [-0.25, -0.2) is 0 Å². The molecule has 0 aromatic carbocycles. The Hall–Kier alpha value is -0.0800. The third-order valence-electron chi connectivity index (χ3n) is 3.14. The van der Waals surface area contributed by atoms with Gasteiger partial charge in [-0.3, -0.25) is 4.90 Å². The number of rotatable bonds is 9. The van der Waals surface area contributed by atoms with E-state index in [1.807, 2.05) is 0 Å². The molecule has 0 amide bonds. The van der Waals surface area contributed by atoms with Gasteiger partial charge in [-0.1, -0.05) is 26.7 Å². The van der Waals surface area contributed by atoms with Crippen LogP contribution in [0.2, 0.25) is 0 Å². The lowest BCUT2D eigenvalue weighted by atomic mass is 10.1. The van der Waals surface area contributed by atoms with Gasteiger partial charge >= 0.3 is 0 Å². The highest BCUT2D eigenvalue weighted by Gasteiger charge is 2.13. The molecule has 0 aromatic heterocycles. The minimum atomic E-state index is 0.647. The highest BCUT2D eigenvalue weighted by molar-refractivity contribution is 4.71. The number of nitrogens with zero attached hydrogens (tertiary/aromatic N) is 1. The van der Waals surface area contributed by atoms with Crippen LogP contribution in [0.5, 0.6) is 0 Å². The number of nitrogens with one attached hydrogen (secondary N) is 1. The number of hydrogen-bond acceptors (Lipinski definition) is 2. The van der Waals surface area contributed by atoms with Crippen molar-refractivity contribution >= 4 is 0 Å². The molecule has 0 saturated carbocycles. The molecule has 0 fully saturated rings. The summed E-state index contributed by atoms with van der Waals surface area (Å²) in [4.78, 5) is 2.60. The highest BCUT2D eigenvalue weighted by atomic mass is 15.2. The van der Waals surface area contributed by atoms with Crippen LogP contribution < -0.4 is 5.32 Å². The fraction of sp³-hybridized carbons (Fsp3) is 1.00. The summed E-state index contributed by atoms with van der Waals surface area (Å²) < 4.78 is 0. The third-order valence-corrected chi connectivity index (χ3v) is 3.14. The van der Waals surface area contributed by atoms with Crippen molar-refractivity contribution in [2.75, 3.05) is 20.1 Å². The largest absolute Gasteiger partial charge is 0.316 e. The summed E-state index contributed by atoms with van der Waals surface area (Å²) in [6.07, 6.45) is 5.23. The minimum absolute atomic E-state index is 0.647. The van der Waals surface area contributed by atoms with Crippen molar-refractivity contribution in [2.45, 2.75) is 65.5 Å². The van der Waals surface area contributed by atoms with Crippen LogP contribution in [0.4, 0.5) is 0 Å². The van der Waals surface area contributed by atoms with E-state index in [0.29, 0.717) is 12.1 Å². The zero-order valence-electron chi connectivity index (χ0n) is 11.3. The Morgan fingerprint density at radius 3 is 2.20 bits per heavy atom. The zero-order chi connectivity index (χ0) is 11.7. The third kappa shape index (κ3) is 6.91. The molecule has 1 unspecified atom stereocenters. The van der Waals surface area contributed by atoms with Gasteiger partial charge in [0.05, 0.1) is 0 Å². The molecule has 15 heavy (non-hydrogen) atoms. The Morgan fingerprint density at radius 2 is 1.80 bits per heavy atom. The lowest BCUT2D eigenvalue weighted by Gasteiger charge is -2.30. The van der Waals surface area contributed by atoms with Crippen molar-refractivity contribution in [1.82, 2.24) is 10.2 Å². The molecule has 0 spiro atoms. The van der Waals surface area contributed by atoms with Crippen LogP contribution in [0.3, 0.4) is 0 Å². The highest BCUT2D eigenvalue weighted by Crippen LogP contribution is 2.05. The maximum atomic E-state index is 3.39. The van der Waals surface area contributed by atoms with Crippen LogP contribution in [0, 0.1) is 0 Å². The normalized spacial score (nSPS) is 13.8. The average molecular weight is 214 g/mol. The number of unbranched alkanes of at least 4 members (excludes halogenated alkanes) is 2. The van der Waals surface area contributed by atoms with E-state index in [1.54, 1.807) is 0 Å². The van der Waals surface area contributed by atoms with Crippen LogP contribution >= 0.6 is 0 Å². The van der Waals surface area contributed by atoms with E-state index >= 15 is 0 Å². The summed E-state index contributed by atoms with van der Waals surface area (Å²) in [5.41, 5.74) is 0. The van der Waals surface area contributed by atoms with Crippen LogP contribution in [0.1, 0.15) is 53.4 Å². The van der Waals surface area contributed by atoms with E-state index in [2.05, 4.69) is 45.0 Å². The van der Waals surface area contributed by atoms with Gasteiger partial charge in [0.25, 0.3) is 0 Å². The molecule has 0 radical (unpaired) electrons. The van der Waals surface area contributed by atoms with Crippen molar-refractivity contribution < 1.29 is 0 Å². The van der Waals surface area contributed by atoms with E-state index in [9.17, 15) is 0 Å². The fourth-order valence-corrected chi connectivity index (χ4v) is 1.83. The summed E-state index contributed by atoms with van der Waals surface area (Å²) in [6.45, 7) is 11.6. The zero-order valence-corrected chi connectivity index (χ0v) is 11.3. The van der Waals surface area contributed by atoms with Crippen molar-refractivity contribution in [3.05, 3.63) is 0 Å². The molecule has 0 heterocycles. The van der Waals surface area contributed by atoms with Gasteiger partial charge in [0.2, 0.25) is 0 Å². The predicted octanol–water partition coefficient (Wildman–Crippen LogP) is 2.89. The first-order valence-electron chi connectivity index (χ1n) is 6.56. The van der Waals surface area contributed by atoms with Crippen molar-refractivity contribution in [1.29, 1.82) is 0 Å². The van der Waals surface area contributed by atoms with E-state index in [1.165, 1.54) is 38.8 Å². The molecular formula is C13H30N2. The Kier molecular flexibility index (Phi) is 9.12. The molecule has 2 heteroatoms. The second-order valence-electron chi connectivity index (χ2n) is 4.69. The van der Waals surface area contributed by atoms with Gasteiger partial charge in [-0.2, -0.15) is 0 Å². The monoisotopic (exact) mass is 214 g/mol. The summed E-state index contributed by atoms with van der Waals surface area (Å²) in [6, 6.07) is 1.32. The maximum Gasteiger partial charge on any atom is 0.0189 e. The lowest BCUT2D eigenvalue weighted by Crippen LogP contribution is -2.42. The lowest BCUT2D eigenvalue weighted by molar-refractivity contribution is 0.194. The second kappa shape index (κ2) is 9.17. The van der Waals surface area contributed by atoms with Gasteiger partial charge in [0.1, 0.15) is 0 Å². The Labute approximate surface area is 96.4 Å². The Bertz CT molecular complexity index is 130. The van der Waals surface area contributed by atoms with Crippen LogP contribution in [0.25, 0.3) is 0 Å². The minimum Gasteiger partial charge on any atom is -0.316 e. The first-order valence-corrected chi connectivity index (χ1v) is 6.56. The molecule has 1 atom stereocenters. The van der Waals surface area contributed by atoms with Gasteiger partial charge in [0.15, 0.2) is 0 Å².